The highest BCUT2D eigenvalue weighted by Crippen LogP contribution is 2.33. The molecule has 0 fully saturated rings. The Balaban J connectivity index is 1.61. The monoisotopic (exact) mass is 454 g/mol. The first-order valence-corrected chi connectivity index (χ1v) is 11.5. The van der Waals surface area contributed by atoms with Gasteiger partial charge in [0.2, 0.25) is 11.8 Å². The number of benzene rings is 2. The number of para-hydroxylation sites is 1. The second-order valence-corrected chi connectivity index (χ2v) is 8.59. The Bertz CT molecular complexity index is 1440. The zero-order valence-electron chi connectivity index (χ0n) is 18.4. The number of pyridine rings is 1. The third-order valence-corrected chi connectivity index (χ3v) is 6.18. The number of nitrogens with zero attached hydrogens (tertiary/aromatic N) is 6. The molecular formula is C25H22N6OS. The lowest BCUT2D eigenvalue weighted by atomic mass is 10.0. The van der Waals surface area contributed by atoms with Crippen LogP contribution >= 0.6 is 11.8 Å². The number of thioether (sulfide) groups is 1. The predicted octanol–water partition coefficient (Wildman–Crippen LogP) is 5.64. The smallest absolute Gasteiger partial charge is 0.226 e. The van der Waals surface area contributed by atoms with Crippen molar-refractivity contribution in [3.8, 4) is 22.6 Å². The molecular weight excluding hydrogens is 432 g/mol. The van der Waals surface area contributed by atoms with Crippen LogP contribution in [-0.4, -0.2) is 29.9 Å². The molecule has 0 aliphatic carbocycles. The Hall–Kier alpha value is -3.78. The van der Waals surface area contributed by atoms with Gasteiger partial charge in [-0.2, -0.15) is 0 Å². The molecule has 7 nitrogen and oxygen atoms in total. The van der Waals surface area contributed by atoms with Gasteiger partial charge < -0.3 is 4.42 Å². The van der Waals surface area contributed by atoms with E-state index in [-0.39, 0.29) is 0 Å². The molecule has 0 amide bonds. The van der Waals surface area contributed by atoms with Gasteiger partial charge in [0.05, 0.1) is 17.0 Å². The summed E-state index contributed by atoms with van der Waals surface area (Å²) in [6.45, 7) is 8.36. The number of aromatic nitrogens is 6. The minimum Gasteiger partial charge on any atom is -0.425 e. The average molecular weight is 455 g/mol. The SMILES string of the molecule is C=CCn1c(SCc2nnc(C)o2)nnc1-c1cc(-c2ccc(C)cc2)nc2ccccc12. The van der Waals surface area contributed by atoms with Crippen molar-refractivity contribution in [1.29, 1.82) is 0 Å². The van der Waals surface area contributed by atoms with E-state index in [1.54, 1.807) is 6.92 Å². The molecule has 5 aromatic rings. The number of fused-ring (bicyclic) bond motifs is 1. The summed E-state index contributed by atoms with van der Waals surface area (Å²) in [5, 5.41) is 18.8. The van der Waals surface area contributed by atoms with Crippen LogP contribution in [-0.2, 0) is 12.3 Å². The molecule has 33 heavy (non-hydrogen) atoms. The summed E-state index contributed by atoms with van der Waals surface area (Å²) < 4.78 is 7.56. The zero-order valence-corrected chi connectivity index (χ0v) is 19.2. The lowest BCUT2D eigenvalue weighted by Gasteiger charge is -2.12. The molecule has 0 unspecified atom stereocenters. The standard InChI is InChI=1S/C25H22N6OS/c1-4-13-31-24(29-30-25(31)33-15-23-28-27-17(3)32-23)20-14-22(18-11-9-16(2)10-12-18)26-21-8-6-5-7-19(20)21/h4-12,14H,1,13,15H2,2-3H3. The summed E-state index contributed by atoms with van der Waals surface area (Å²) >= 11 is 1.51. The summed E-state index contributed by atoms with van der Waals surface area (Å²) in [6, 6.07) is 18.6. The first kappa shape index (κ1) is 21.1. The van der Waals surface area contributed by atoms with Gasteiger partial charge in [-0.15, -0.1) is 27.0 Å². The van der Waals surface area contributed by atoms with Gasteiger partial charge in [-0.05, 0) is 19.1 Å². The van der Waals surface area contributed by atoms with Gasteiger partial charge in [0, 0.05) is 30.0 Å². The number of hydrogen-bond acceptors (Lipinski definition) is 7. The van der Waals surface area contributed by atoms with Crippen molar-refractivity contribution in [1.82, 2.24) is 29.9 Å². The van der Waals surface area contributed by atoms with Gasteiger partial charge in [-0.25, -0.2) is 4.98 Å². The van der Waals surface area contributed by atoms with Gasteiger partial charge in [0.1, 0.15) is 0 Å². The second-order valence-electron chi connectivity index (χ2n) is 7.65. The topological polar surface area (TPSA) is 82.5 Å². The van der Waals surface area contributed by atoms with E-state index in [1.807, 2.05) is 24.3 Å². The van der Waals surface area contributed by atoms with Crippen LogP contribution in [0.4, 0.5) is 0 Å². The molecule has 0 aliphatic rings. The van der Waals surface area contributed by atoms with Crippen LogP contribution in [0.3, 0.4) is 0 Å². The number of aryl methyl sites for hydroxylation is 2. The normalized spacial score (nSPS) is 11.2. The predicted molar refractivity (Wildman–Crippen MR) is 130 cm³/mol. The second kappa shape index (κ2) is 8.99. The first-order valence-electron chi connectivity index (χ1n) is 10.6. The maximum Gasteiger partial charge on any atom is 0.226 e. The lowest BCUT2D eigenvalue weighted by Crippen LogP contribution is -2.02. The van der Waals surface area contributed by atoms with Crippen molar-refractivity contribution in [2.75, 3.05) is 0 Å². The largest absolute Gasteiger partial charge is 0.425 e. The first-order chi connectivity index (χ1) is 16.1. The van der Waals surface area contributed by atoms with Crippen molar-refractivity contribution in [2.24, 2.45) is 0 Å². The molecule has 0 radical (unpaired) electrons. The molecule has 0 aliphatic heterocycles. The highest BCUT2D eigenvalue weighted by atomic mass is 32.2. The van der Waals surface area contributed by atoms with Gasteiger partial charge in [0.25, 0.3) is 0 Å². The van der Waals surface area contributed by atoms with Crippen LogP contribution in [0.25, 0.3) is 33.5 Å². The highest BCUT2D eigenvalue weighted by molar-refractivity contribution is 7.98. The van der Waals surface area contributed by atoms with Crippen molar-refractivity contribution in [2.45, 2.75) is 31.3 Å². The third kappa shape index (κ3) is 4.29. The van der Waals surface area contributed by atoms with Gasteiger partial charge in [-0.1, -0.05) is 65.9 Å². The average Bonchev–Trinajstić information content (AvgIpc) is 3.43. The fourth-order valence-corrected chi connectivity index (χ4v) is 4.43. The van der Waals surface area contributed by atoms with E-state index in [0.717, 1.165) is 38.7 Å². The zero-order chi connectivity index (χ0) is 22.8. The Morgan fingerprint density at radius 1 is 1.00 bits per heavy atom. The van der Waals surface area contributed by atoms with E-state index in [1.165, 1.54) is 17.3 Å². The fraction of sp³-hybridized carbons (Fsp3) is 0.160. The van der Waals surface area contributed by atoms with Crippen molar-refractivity contribution in [3.63, 3.8) is 0 Å². The third-order valence-electron chi connectivity index (χ3n) is 5.23. The molecule has 8 heteroatoms. The molecule has 0 atom stereocenters. The highest BCUT2D eigenvalue weighted by Gasteiger charge is 2.18. The van der Waals surface area contributed by atoms with Crippen LogP contribution < -0.4 is 0 Å². The van der Waals surface area contributed by atoms with Crippen molar-refractivity contribution < 1.29 is 4.42 Å². The molecule has 164 valence electrons. The Morgan fingerprint density at radius 2 is 1.82 bits per heavy atom. The van der Waals surface area contributed by atoms with Crippen LogP contribution in [0.2, 0.25) is 0 Å². The van der Waals surface area contributed by atoms with Crippen molar-refractivity contribution >= 4 is 22.7 Å². The quantitative estimate of drug-likeness (QED) is 0.232. The summed E-state index contributed by atoms with van der Waals surface area (Å²) in [5.41, 5.74) is 5.06. The van der Waals surface area contributed by atoms with E-state index >= 15 is 0 Å². The van der Waals surface area contributed by atoms with Crippen LogP contribution in [0.15, 0.2) is 76.8 Å². The summed E-state index contributed by atoms with van der Waals surface area (Å²) in [5.74, 6) is 2.39. The van der Waals surface area contributed by atoms with E-state index in [9.17, 15) is 0 Å². The van der Waals surface area contributed by atoms with Crippen LogP contribution in [0.5, 0.6) is 0 Å². The fourth-order valence-electron chi connectivity index (χ4n) is 3.64. The minimum atomic E-state index is 0.516. The molecule has 2 aromatic carbocycles. The van der Waals surface area contributed by atoms with Gasteiger partial charge >= 0.3 is 0 Å². The van der Waals surface area contributed by atoms with Gasteiger partial charge in [-0.3, -0.25) is 4.57 Å². The lowest BCUT2D eigenvalue weighted by molar-refractivity contribution is 0.485. The summed E-state index contributed by atoms with van der Waals surface area (Å²) in [6.07, 6.45) is 1.85. The Labute approximate surface area is 195 Å². The Morgan fingerprint density at radius 3 is 2.58 bits per heavy atom. The molecule has 3 aromatic heterocycles. The maximum absolute atomic E-state index is 5.50. The molecule has 3 heterocycles. The maximum atomic E-state index is 5.50. The molecule has 0 bridgehead atoms. The Kier molecular flexibility index (Phi) is 5.75. The molecule has 0 saturated heterocycles. The molecule has 0 spiro atoms. The van der Waals surface area contributed by atoms with Crippen molar-refractivity contribution in [3.05, 3.63) is 84.6 Å². The van der Waals surface area contributed by atoms with E-state index in [2.05, 4.69) is 74.9 Å². The van der Waals surface area contributed by atoms with Crippen LogP contribution in [0.1, 0.15) is 17.3 Å². The molecule has 0 N–H and O–H groups in total. The number of hydrogen-bond donors (Lipinski definition) is 0. The molecule has 0 saturated carbocycles. The summed E-state index contributed by atoms with van der Waals surface area (Å²) in [4.78, 5) is 4.91. The molecule has 5 rings (SSSR count). The van der Waals surface area contributed by atoms with Gasteiger partial charge in [0.15, 0.2) is 11.0 Å². The van der Waals surface area contributed by atoms with E-state index < -0.39 is 0 Å². The van der Waals surface area contributed by atoms with E-state index in [4.69, 9.17) is 9.40 Å². The van der Waals surface area contributed by atoms with Crippen LogP contribution in [0, 0.1) is 13.8 Å². The summed E-state index contributed by atoms with van der Waals surface area (Å²) in [7, 11) is 0. The van der Waals surface area contributed by atoms with E-state index in [0.29, 0.717) is 24.1 Å². The number of allylic oxidation sites excluding steroid dienone is 1. The number of rotatable bonds is 7. The minimum absolute atomic E-state index is 0.516.